The fourth-order valence-electron chi connectivity index (χ4n) is 2.34. The largest absolute Gasteiger partial charge is 0.394 e. The number of aliphatic hydroxyl groups is 4. The Labute approximate surface area is 110 Å². The van der Waals surface area contributed by atoms with Crippen LogP contribution in [0, 0.1) is 0 Å². The Hall–Kier alpha value is -1.02. The van der Waals surface area contributed by atoms with Gasteiger partial charge >= 0.3 is 0 Å². The maximum Gasteiger partial charge on any atom is 0.250 e. The van der Waals surface area contributed by atoms with Crippen molar-refractivity contribution in [1.29, 1.82) is 0 Å². The molecule has 0 saturated carbocycles. The van der Waals surface area contributed by atoms with Crippen molar-refractivity contribution < 1.29 is 29.9 Å². The summed E-state index contributed by atoms with van der Waals surface area (Å²) < 4.78 is 10.1. The van der Waals surface area contributed by atoms with E-state index in [0.717, 1.165) is 7.11 Å². The topological polar surface area (TPSA) is 99.4 Å². The summed E-state index contributed by atoms with van der Waals surface area (Å²) in [5.41, 5.74) is 0.700. The third-order valence-electron chi connectivity index (χ3n) is 3.44. The minimum Gasteiger partial charge on any atom is -0.394 e. The van der Waals surface area contributed by atoms with Gasteiger partial charge in [-0.1, -0.05) is 30.3 Å². The Morgan fingerprint density at radius 3 is 2.42 bits per heavy atom. The van der Waals surface area contributed by atoms with E-state index in [1.807, 2.05) is 6.07 Å². The number of rotatable bonds is 4. The van der Waals surface area contributed by atoms with E-state index in [4.69, 9.17) is 14.6 Å². The number of ether oxygens (including phenoxy) is 2. The zero-order chi connectivity index (χ0) is 14.1. The highest BCUT2D eigenvalue weighted by Gasteiger charge is 2.65. The summed E-state index contributed by atoms with van der Waals surface area (Å²) in [6, 6.07) is 8.86. The minimum absolute atomic E-state index is 0.0776. The van der Waals surface area contributed by atoms with Crippen molar-refractivity contribution in [2.75, 3.05) is 13.7 Å². The van der Waals surface area contributed by atoms with E-state index in [-0.39, 0.29) is 6.42 Å². The molecule has 106 valence electrons. The molecule has 4 atom stereocenters. The summed E-state index contributed by atoms with van der Waals surface area (Å²) in [5.74, 6) is -4.42. The molecule has 0 aromatic heterocycles. The van der Waals surface area contributed by atoms with Gasteiger partial charge in [0.1, 0.15) is 12.2 Å². The lowest BCUT2D eigenvalue weighted by Gasteiger charge is -2.36. The van der Waals surface area contributed by atoms with Crippen LogP contribution in [0.1, 0.15) is 5.56 Å². The summed E-state index contributed by atoms with van der Waals surface area (Å²) in [5, 5.41) is 39.8. The summed E-state index contributed by atoms with van der Waals surface area (Å²) in [6.45, 7) is -0.538. The fraction of sp³-hybridized carbons (Fsp3) is 0.538. The molecule has 1 fully saturated rings. The molecular formula is C13H18O6. The van der Waals surface area contributed by atoms with Gasteiger partial charge in [-0.25, -0.2) is 0 Å². The average molecular weight is 270 g/mol. The third-order valence-corrected chi connectivity index (χ3v) is 3.44. The molecule has 1 aliphatic rings. The van der Waals surface area contributed by atoms with Crippen LogP contribution in [0.25, 0.3) is 0 Å². The molecule has 1 saturated heterocycles. The molecule has 1 heterocycles. The van der Waals surface area contributed by atoms with Crippen molar-refractivity contribution in [3.8, 4) is 0 Å². The maximum absolute atomic E-state index is 10.5. The summed E-state index contributed by atoms with van der Waals surface area (Å²) in [6.07, 6.45) is -2.74. The molecule has 1 unspecified atom stereocenters. The van der Waals surface area contributed by atoms with Crippen LogP contribution in [0.5, 0.6) is 0 Å². The quantitative estimate of drug-likeness (QED) is 0.524. The van der Waals surface area contributed by atoms with Gasteiger partial charge in [0.2, 0.25) is 5.79 Å². The molecule has 0 bridgehead atoms. The second-order valence-corrected chi connectivity index (χ2v) is 4.63. The van der Waals surface area contributed by atoms with Crippen LogP contribution in [0.3, 0.4) is 0 Å². The van der Waals surface area contributed by atoms with E-state index < -0.39 is 30.4 Å². The van der Waals surface area contributed by atoms with Gasteiger partial charge in [-0.3, -0.25) is 0 Å². The van der Waals surface area contributed by atoms with Crippen LogP contribution in [0.15, 0.2) is 30.3 Å². The molecule has 0 aliphatic carbocycles. The van der Waals surface area contributed by atoms with Crippen molar-refractivity contribution in [3.63, 3.8) is 0 Å². The summed E-state index contributed by atoms with van der Waals surface area (Å²) in [4.78, 5) is 0. The van der Waals surface area contributed by atoms with Crippen molar-refractivity contribution in [2.45, 2.75) is 30.2 Å². The first-order chi connectivity index (χ1) is 8.97. The molecule has 0 spiro atoms. The number of hydrogen-bond acceptors (Lipinski definition) is 6. The van der Waals surface area contributed by atoms with Crippen molar-refractivity contribution in [2.24, 2.45) is 0 Å². The van der Waals surface area contributed by atoms with Gasteiger partial charge in [0.05, 0.1) is 6.61 Å². The molecular weight excluding hydrogens is 252 g/mol. The molecule has 2 rings (SSSR count). The zero-order valence-corrected chi connectivity index (χ0v) is 10.6. The molecule has 19 heavy (non-hydrogen) atoms. The predicted molar refractivity (Wildman–Crippen MR) is 65.0 cm³/mol. The van der Waals surface area contributed by atoms with Crippen LogP contribution in [0.2, 0.25) is 0 Å². The minimum atomic E-state index is -2.30. The van der Waals surface area contributed by atoms with Gasteiger partial charge in [0.15, 0.2) is 0 Å². The fourth-order valence-corrected chi connectivity index (χ4v) is 2.34. The smallest absolute Gasteiger partial charge is 0.250 e. The first-order valence-electron chi connectivity index (χ1n) is 5.97. The number of methoxy groups -OCH3 is 1. The second kappa shape index (κ2) is 5.16. The highest BCUT2D eigenvalue weighted by Crippen LogP contribution is 2.40. The molecule has 4 N–H and O–H groups in total. The molecule has 1 aliphatic heterocycles. The molecule has 0 amide bonds. The standard InChI is InChI=1S/C13H18O6/c1-18-13(17)11(15)10(8-14)19-12(13,16)7-9-5-3-2-4-6-9/h2-6,10-11,14-17H,7-8H2,1H3/t10-,11+,12?,13+/m0/s1. The summed E-state index contributed by atoms with van der Waals surface area (Å²) in [7, 11) is 1.16. The van der Waals surface area contributed by atoms with E-state index in [0.29, 0.717) is 5.56 Å². The molecule has 6 nitrogen and oxygen atoms in total. The predicted octanol–water partition coefficient (Wildman–Crippen LogP) is -0.995. The molecule has 1 aromatic carbocycles. The Balaban J connectivity index is 2.30. The van der Waals surface area contributed by atoms with Gasteiger partial charge < -0.3 is 29.9 Å². The first-order valence-corrected chi connectivity index (χ1v) is 5.97. The van der Waals surface area contributed by atoms with Crippen LogP contribution in [-0.2, 0) is 15.9 Å². The second-order valence-electron chi connectivity index (χ2n) is 4.63. The number of aliphatic hydroxyl groups excluding tert-OH is 2. The Kier molecular flexibility index (Phi) is 3.91. The molecule has 6 heteroatoms. The van der Waals surface area contributed by atoms with Gasteiger partial charge in [-0.2, -0.15) is 0 Å². The van der Waals surface area contributed by atoms with E-state index in [9.17, 15) is 15.3 Å². The van der Waals surface area contributed by atoms with E-state index in [1.165, 1.54) is 0 Å². The third kappa shape index (κ3) is 2.27. The van der Waals surface area contributed by atoms with Gasteiger partial charge in [0.25, 0.3) is 5.79 Å². The zero-order valence-electron chi connectivity index (χ0n) is 10.6. The first kappa shape index (κ1) is 14.4. The average Bonchev–Trinajstić information content (AvgIpc) is 2.61. The number of hydrogen-bond donors (Lipinski definition) is 4. The lowest BCUT2D eigenvalue weighted by molar-refractivity contribution is -0.353. The monoisotopic (exact) mass is 270 g/mol. The summed E-state index contributed by atoms with van der Waals surface area (Å²) >= 11 is 0. The van der Waals surface area contributed by atoms with Gasteiger partial charge in [-0.05, 0) is 5.56 Å². The molecule has 1 aromatic rings. The van der Waals surface area contributed by atoms with Crippen LogP contribution in [0.4, 0.5) is 0 Å². The van der Waals surface area contributed by atoms with Crippen LogP contribution >= 0.6 is 0 Å². The Morgan fingerprint density at radius 2 is 1.89 bits per heavy atom. The maximum atomic E-state index is 10.5. The van der Waals surface area contributed by atoms with E-state index in [2.05, 4.69) is 0 Å². The van der Waals surface area contributed by atoms with Crippen molar-refractivity contribution >= 4 is 0 Å². The lowest BCUT2D eigenvalue weighted by Crippen LogP contribution is -2.59. The van der Waals surface area contributed by atoms with Gasteiger partial charge in [0, 0.05) is 13.5 Å². The highest BCUT2D eigenvalue weighted by atomic mass is 16.7. The normalized spacial score (nSPS) is 38.6. The van der Waals surface area contributed by atoms with Crippen molar-refractivity contribution in [1.82, 2.24) is 0 Å². The van der Waals surface area contributed by atoms with E-state index >= 15 is 0 Å². The van der Waals surface area contributed by atoms with E-state index in [1.54, 1.807) is 24.3 Å². The Morgan fingerprint density at radius 1 is 1.26 bits per heavy atom. The van der Waals surface area contributed by atoms with Crippen LogP contribution in [-0.4, -0.2) is 57.9 Å². The van der Waals surface area contributed by atoms with Crippen molar-refractivity contribution in [3.05, 3.63) is 35.9 Å². The highest BCUT2D eigenvalue weighted by molar-refractivity contribution is 5.19. The lowest BCUT2D eigenvalue weighted by atomic mass is 9.94. The Bertz CT molecular complexity index is 424. The van der Waals surface area contributed by atoms with Crippen LogP contribution < -0.4 is 0 Å². The molecule has 0 radical (unpaired) electrons. The number of benzene rings is 1. The van der Waals surface area contributed by atoms with Gasteiger partial charge in [-0.15, -0.1) is 0 Å². The SMILES string of the molecule is CO[C@]1(O)[C@H](O)[C@H](CO)OC1(O)Cc1ccccc1.